The van der Waals surface area contributed by atoms with Gasteiger partial charge >= 0.3 is 0 Å². The van der Waals surface area contributed by atoms with Crippen molar-refractivity contribution in [1.29, 1.82) is 0 Å². The number of Topliss-reactive ketones (excluding diaryl/α,β-unsaturated/α-hetero) is 1. The molecule has 7 nitrogen and oxygen atoms in total. The SMILES string of the molecule is O=C1CCCC2=C1C(C1CCCC1)N(C(=O)CCl)c1ccc([N+](=O)[O-])cc1N2. The molecule has 2 aliphatic carbocycles. The van der Waals surface area contributed by atoms with Crippen LogP contribution in [0, 0.1) is 16.0 Å². The summed E-state index contributed by atoms with van der Waals surface area (Å²) < 4.78 is 0. The molecule has 1 amide bonds. The van der Waals surface area contributed by atoms with Crippen LogP contribution in [0.15, 0.2) is 29.5 Å². The van der Waals surface area contributed by atoms with E-state index in [9.17, 15) is 19.7 Å². The molecule has 0 radical (unpaired) electrons. The Morgan fingerprint density at radius 3 is 2.68 bits per heavy atom. The van der Waals surface area contributed by atoms with Gasteiger partial charge in [-0.1, -0.05) is 12.8 Å². The molecule has 0 spiro atoms. The fraction of sp³-hybridized carbons (Fsp3) is 0.500. The third-order valence-electron chi connectivity index (χ3n) is 6.00. The maximum absolute atomic E-state index is 13.0. The summed E-state index contributed by atoms with van der Waals surface area (Å²) in [5.41, 5.74) is 2.43. The standard InChI is InChI=1S/C20H22ClN3O4/c21-11-18(26)23-16-9-8-13(24(27)28)10-15(16)22-14-6-3-7-17(25)19(14)20(23)12-4-1-2-5-12/h8-10,12,20,22H,1-7,11H2. The predicted molar refractivity (Wildman–Crippen MR) is 107 cm³/mol. The lowest BCUT2D eigenvalue weighted by Crippen LogP contribution is -2.48. The first kappa shape index (κ1) is 18.9. The van der Waals surface area contributed by atoms with Crippen molar-refractivity contribution in [2.24, 2.45) is 5.92 Å². The summed E-state index contributed by atoms with van der Waals surface area (Å²) in [5, 5.41) is 14.5. The molecule has 1 aromatic rings. The van der Waals surface area contributed by atoms with E-state index in [1.807, 2.05) is 0 Å². The molecule has 1 heterocycles. The Labute approximate surface area is 167 Å². The van der Waals surface area contributed by atoms with Gasteiger partial charge < -0.3 is 10.2 Å². The highest BCUT2D eigenvalue weighted by molar-refractivity contribution is 6.30. The molecule has 28 heavy (non-hydrogen) atoms. The van der Waals surface area contributed by atoms with Crippen LogP contribution in [0.3, 0.4) is 0 Å². The molecular weight excluding hydrogens is 382 g/mol. The number of benzene rings is 1. The Bertz CT molecular complexity index is 876. The van der Waals surface area contributed by atoms with Crippen molar-refractivity contribution >= 4 is 40.4 Å². The molecule has 1 unspecified atom stereocenters. The summed E-state index contributed by atoms with van der Waals surface area (Å²) in [6.07, 6.45) is 5.92. The number of hydrogen-bond donors (Lipinski definition) is 1. The van der Waals surface area contributed by atoms with E-state index in [4.69, 9.17) is 11.6 Å². The zero-order valence-corrected chi connectivity index (χ0v) is 16.2. The molecule has 1 saturated carbocycles. The van der Waals surface area contributed by atoms with Gasteiger partial charge in [-0.05, 0) is 37.7 Å². The number of alkyl halides is 1. The molecule has 1 atom stereocenters. The second kappa shape index (κ2) is 7.54. The first-order valence-corrected chi connectivity index (χ1v) is 10.2. The van der Waals surface area contributed by atoms with Crippen molar-refractivity contribution in [2.45, 2.75) is 51.0 Å². The second-order valence-electron chi connectivity index (χ2n) is 7.64. The van der Waals surface area contributed by atoms with E-state index < -0.39 is 4.92 Å². The van der Waals surface area contributed by atoms with Gasteiger partial charge in [0.2, 0.25) is 5.91 Å². The number of nitro groups is 1. The van der Waals surface area contributed by atoms with Gasteiger partial charge in [-0.2, -0.15) is 0 Å². The van der Waals surface area contributed by atoms with Crippen LogP contribution in [0.25, 0.3) is 0 Å². The van der Waals surface area contributed by atoms with Crippen LogP contribution in [0.5, 0.6) is 0 Å². The third kappa shape index (κ3) is 3.17. The lowest BCUT2D eigenvalue weighted by molar-refractivity contribution is -0.384. The van der Waals surface area contributed by atoms with Crippen LogP contribution in [0.2, 0.25) is 0 Å². The predicted octanol–water partition coefficient (Wildman–Crippen LogP) is 4.16. The van der Waals surface area contributed by atoms with Gasteiger partial charge in [0.05, 0.1) is 22.3 Å². The number of halogens is 1. The molecule has 8 heteroatoms. The molecule has 1 aromatic carbocycles. The van der Waals surface area contributed by atoms with Gasteiger partial charge in [0.25, 0.3) is 5.69 Å². The fourth-order valence-corrected chi connectivity index (χ4v) is 4.93. The van der Waals surface area contributed by atoms with Crippen LogP contribution in [-0.2, 0) is 9.59 Å². The molecular formula is C20H22ClN3O4. The number of hydrogen-bond acceptors (Lipinski definition) is 5. The maximum atomic E-state index is 13.0. The summed E-state index contributed by atoms with van der Waals surface area (Å²) in [4.78, 5) is 38.3. The number of carbonyl (C=O) groups is 2. The zero-order valence-electron chi connectivity index (χ0n) is 15.4. The number of anilines is 2. The average Bonchev–Trinajstić information content (AvgIpc) is 3.16. The summed E-state index contributed by atoms with van der Waals surface area (Å²) in [5.74, 6) is -0.263. The number of allylic oxidation sites excluding steroid dienone is 1. The van der Waals surface area contributed by atoms with Crippen molar-refractivity contribution < 1.29 is 14.5 Å². The van der Waals surface area contributed by atoms with E-state index in [1.165, 1.54) is 12.1 Å². The zero-order chi connectivity index (χ0) is 19.8. The van der Waals surface area contributed by atoms with E-state index in [1.54, 1.807) is 11.0 Å². The molecule has 148 valence electrons. The van der Waals surface area contributed by atoms with Crippen LogP contribution < -0.4 is 10.2 Å². The lowest BCUT2D eigenvalue weighted by atomic mass is 9.82. The Morgan fingerprint density at radius 2 is 2.00 bits per heavy atom. The van der Waals surface area contributed by atoms with E-state index >= 15 is 0 Å². The van der Waals surface area contributed by atoms with E-state index in [2.05, 4.69) is 5.32 Å². The quantitative estimate of drug-likeness (QED) is 0.464. The van der Waals surface area contributed by atoms with Crippen LogP contribution in [0.4, 0.5) is 17.1 Å². The summed E-state index contributed by atoms with van der Waals surface area (Å²) >= 11 is 5.95. The van der Waals surface area contributed by atoms with Crippen LogP contribution in [-0.4, -0.2) is 28.5 Å². The van der Waals surface area contributed by atoms with Crippen molar-refractivity contribution in [3.05, 3.63) is 39.6 Å². The first-order chi connectivity index (χ1) is 13.5. The molecule has 4 rings (SSSR count). The third-order valence-corrected chi connectivity index (χ3v) is 6.22. The number of non-ortho nitro benzene ring substituents is 1. The highest BCUT2D eigenvalue weighted by Crippen LogP contribution is 2.45. The van der Waals surface area contributed by atoms with Crippen LogP contribution >= 0.6 is 11.6 Å². The number of amides is 1. The van der Waals surface area contributed by atoms with Gasteiger partial charge in [0, 0.05) is 29.8 Å². The normalized spacial score (nSPS) is 22.4. The van der Waals surface area contributed by atoms with Crippen molar-refractivity contribution in [3.8, 4) is 0 Å². The van der Waals surface area contributed by atoms with Gasteiger partial charge in [0.15, 0.2) is 5.78 Å². The minimum Gasteiger partial charge on any atom is -0.357 e. The van der Waals surface area contributed by atoms with Crippen molar-refractivity contribution in [1.82, 2.24) is 0 Å². The number of ketones is 1. The number of nitrogens with one attached hydrogen (secondary N) is 1. The van der Waals surface area contributed by atoms with E-state index in [0.29, 0.717) is 29.8 Å². The van der Waals surface area contributed by atoms with Gasteiger partial charge in [-0.25, -0.2) is 0 Å². The molecule has 1 aliphatic heterocycles. The molecule has 1 fully saturated rings. The number of fused-ring (bicyclic) bond motifs is 1. The molecule has 0 aromatic heterocycles. The Kier molecular flexibility index (Phi) is 5.10. The van der Waals surface area contributed by atoms with Gasteiger partial charge in [-0.15, -0.1) is 11.6 Å². The second-order valence-corrected chi connectivity index (χ2v) is 7.91. The fourth-order valence-electron chi connectivity index (χ4n) is 4.80. The lowest BCUT2D eigenvalue weighted by Gasteiger charge is -2.37. The van der Waals surface area contributed by atoms with E-state index in [0.717, 1.165) is 37.8 Å². The number of nitrogens with zero attached hydrogens (tertiary/aromatic N) is 2. The topological polar surface area (TPSA) is 92.5 Å². The minimum absolute atomic E-state index is 0.0559. The van der Waals surface area contributed by atoms with E-state index in [-0.39, 0.29) is 35.2 Å². The Hall–Kier alpha value is -2.41. The number of rotatable bonds is 3. The summed E-state index contributed by atoms with van der Waals surface area (Å²) in [6, 6.07) is 4.06. The highest BCUT2D eigenvalue weighted by Gasteiger charge is 2.43. The highest BCUT2D eigenvalue weighted by atomic mass is 35.5. The maximum Gasteiger partial charge on any atom is 0.271 e. The Morgan fingerprint density at radius 1 is 1.25 bits per heavy atom. The van der Waals surface area contributed by atoms with Crippen molar-refractivity contribution in [2.75, 3.05) is 16.1 Å². The smallest absolute Gasteiger partial charge is 0.271 e. The average molecular weight is 404 g/mol. The molecule has 1 N–H and O–H groups in total. The van der Waals surface area contributed by atoms with Gasteiger partial charge in [-0.3, -0.25) is 19.7 Å². The molecule has 0 bridgehead atoms. The molecule has 3 aliphatic rings. The summed E-state index contributed by atoms with van der Waals surface area (Å²) in [7, 11) is 0. The number of carbonyl (C=O) groups excluding carboxylic acids is 2. The first-order valence-electron chi connectivity index (χ1n) is 9.71. The summed E-state index contributed by atoms with van der Waals surface area (Å²) in [6.45, 7) is 0. The molecule has 0 saturated heterocycles. The monoisotopic (exact) mass is 403 g/mol. The Balaban J connectivity index is 1.93. The van der Waals surface area contributed by atoms with Crippen LogP contribution in [0.1, 0.15) is 44.9 Å². The number of nitro benzene ring substituents is 1. The minimum atomic E-state index is -0.462. The van der Waals surface area contributed by atoms with Crippen molar-refractivity contribution in [3.63, 3.8) is 0 Å². The largest absolute Gasteiger partial charge is 0.357 e. The van der Waals surface area contributed by atoms with Gasteiger partial charge in [0.1, 0.15) is 5.88 Å².